The van der Waals surface area contributed by atoms with Crippen LogP contribution in [0.5, 0.6) is 11.5 Å². The number of sulfone groups is 1. The summed E-state index contributed by atoms with van der Waals surface area (Å²) in [6, 6.07) is 15.8. The zero-order chi connectivity index (χ0) is 30.4. The number of halogens is 3. The van der Waals surface area contributed by atoms with Crippen molar-refractivity contribution in [2.24, 2.45) is 5.73 Å². The molecule has 0 aliphatic carbocycles. The molecule has 0 spiro atoms. The zero-order valence-electron chi connectivity index (χ0n) is 22.8. The van der Waals surface area contributed by atoms with Crippen molar-refractivity contribution in [1.29, 1.82) is 0 Å². The van der Waals surface area contributed by atoms with Crippen molar-refractivity contribution in [3.05, 3.63) is 89.6 Å². The monoisotopic (exact) mass is 600 g/mol. The van der Waals surface area contributed by atoms with Crippen molar-refractivity contribution in [1.82, 2.24) is 10.2 Å². The molecule has 220 valence electrons. The van der Waals surface area contributed by atoms with E-state index in [1.165, 1.54) is 13.8 Å². The lowest BCUT2D eigenvalue weighted by atomic mass is 9.99. The van der Waals surface area contributed by atoms with E-state index in [0.717, 1.165) is 17.2 Å². The molecule has 1 amide bonds. The fraction of sp³-hybridized carbons (Fsp3) is 0.276. The summed E-state index contributed by atoms with van der Waals surface area (Å²) < 4.78 is 80.0. The topological polar surface area (TPSA) is 129 Å². The molecule has 2 heterocycles. The van der Waals surface area contributed by atoms with E-state index in [2.05, 4.69) is 10.2 Å². The van der Waals surface area contributed by atoms with Crippen molar-refractivity contribution in [2.45, 2.75) is 43.5 Å². The van der Waals surface area contributed by atoms with Crippen molar-refractivity contribution in [3.8, 4) is 23.0 Å². The molecule has 0 bridgehead atoms. The molecule has 1 unspecified atom stereocenters. The van der Waals surface area contributed by atoms with Crippen molar-refractivity contribution in [3.63, 3.8) is 0 Å². The second-order valence-electron chi connectivity index (χ2n) is 10.5. The van der Waals surface area contributed by atoms with E-state index < -0.39 is 56.1 Å². The summed E-state index contributed by atoms with van der Waals surface area (Å²) in [6.45, 7) is 2.51. The standard InChI is InChI=1S/C29H27F3N4O5S/c1-28(2,42(3,38)39)27-35-34-25(41-27)20-13-24-21(14-22(20)30)29(31,32)15-23(33)26(37)36(24)16-17-9-11-19(12-10-17)40-18-7-5-4-6-8-18/h4-14,23H,15-16,33H2,1-3H3. The first kappa shape index (κ1) is 29.3. The Morgan fingerprint density at radius 3 is 2.36 bits per heavy atom. The van der Waals surface area contributed by atoms with Crippen LogP contribution in [0.15, 0.2) is 71.1 Å². The number of benzene rings is 3. The largest absolute Gasteiger partial charge is 0.457 e. The van der Waals surface area contributed by atoms with Crippen molar-refractivity contribution < 1.29 is 35.5 Å². The van der Waals surface area contributed by atoms with Crippen LogP contribution in [0.2, 0.25) is 0 Å². The molecule has 0 saturated heterocycles. The number of hydrogen-bond donors (Lipinski definition) is 1. The average molecular weight is 601 g/mol. The number of hydrogen-bond acceptors (Lipinski definition) is 8. The number of carbonyl (C=O) groups is 1. The molecule has 0 radical (unpaired) electrons. The Hall–Kier alpha value is -4.23. The number of aromatic nitrogens is 2. The molecule has 1 atom stereocenters. The minimum atomic E-state index is -3.71. The minimum Gasteiger partial charge on any atom is -0.457 e. The van der Waals surface area contributed by atoms with E-state index in [9.17, 15) is 13.2 Å². The molecule has 42 heavy (non-hydrogen) atoms. The lowest BCUT2D eigenvalue weighted by molar-refractivity contribution is -0.122. The predicted octanol–water partition coefficient (Wildman–Crippen LogP) is 5.30. The number of amides is 1. The van der Waals surface area contributed by atoms with Crippen LogP contribution in [0.3, 0.4) is 0 Å². The van der Waals surface area contributed by atoms with Gasteiger partial charge in [0.15, 0.2) is 9.84 Å². The molecule has 9 nitrogen and oxygen atoms in total. The second kappa shape index (κ2) is 10.6. The number of nitrogens with two attached hydrogens (primary N) is 1. The number of fused-ring (bicyclic) bond motifs is 1. The van der Waals surface area contributed by atoms with E-state index in [0.29, 0.717) is 23.1 Å². The van der Waals surface area contributed by atoms with E-state index >= 15 is 13.2 Å². The van der Waals surface area contributed by atoms with Crippen LogP contribution in [0.25, 0.3) is 11.5 Å². The number of alkyl halides is 2. The molecule has 2 N–H and O–H groups in total. The fourth-order valence-corrected chi connectivity index (χ4v) is 4.80. The molecule has 13 heteroatoms. The van der Waals surface area contributed by atoms with Gasteiger partial charge in [0.05, 0.1) is 23.8 Å². The highest BCUT2D eigenvalue weighted by Gasteiger charge is 2.45. The summed E-state index contributed by atoms with van der Waals surface area (Å²) >= 11 is 0. The number of rotatable bonds is 7. The Morgan fingerprint density at radius 1 is 1.07 bits per heavy atom. The average Bonchev–Trinajstić information content (AvgIpc) is 3.41. The van der Waals surface area contributed by atoms with E-state index in [-0.39, 0.29) is 23.7 Å². The molecular formula is C29H27F3N4O5S. The molecule has 1 aliphatic rings. The van der Waals surface area contributed by atoms with Crippen LogP contribution >= 0.6 is 0 Å². The Kier molecular flexibility index (Phi) is 7.35. The molecule has 5 rings (SSSR count). The molecule has 4 aromatic rings. The van der Waals surface area contributed by atoms with Crippen LogP contribution in [-0.4, -0.2) is 36.8 Å². The van der Waals surface area contributed by atoms with Crippen molar-refractivity contribution >= 4 is 21.4 Å². The molecule has 1 aromatic heterocycles. The van der Waals surface area contributed by atoms with Gasteiger partial charge in [-0.15, -0.1) is 10.2 Å². The predicted molar refractivity (Wildman–Crippen MR) is 148 cm³/mol. The molecule has 1 aliphatic heterocycles. The summed E-state index contributed by atoms with van der Waals surface area (Å²) in [7, 11) is -3.71. The summed E-state index contributed by atoms with van der Waals surface area (Å²) in [5, 5.41) is 7.53. The highest BCUT2D eigenvalue weighted by atomic mass is 32.2. The maximum Gasteiger partial charge on any atom is 0.277 e. The third-order valence-electron chi connectivity index (χ3n) is 7.17. The smallest absolute Gasteiger partial charge is 0.277 e. The number of para-hydroxylation sites is 1. The quantitative estimate of drug-likeness (QED) is 0.303. The van der Waals surface area contributed by atoms with Gasteiger partial charge in [0.1, 0.15) is 22.1 Å². The van der Waals surface area contributed by atoms with E-state index in [1.54, 1.807) is 36.4 Å². The summed E-state index contributed by atoms with van der Waals surface area (Å²) in [6.07, 6.45) is -0.0414. The Morgan fingerprint density at radius 2 is 1.71 bits per heavy atom. The Bertz CT molecular complexity index is 1740. The highest BCUT2D eigenvalue weighted by molar-refractivity contribution is 7.91. The normalized spacial score (nSPS) is 17.1. The molecular weight excluding hydrogens is 573 g/mol. The third kappa shape index (κ3) is 5.49. The lowest BCUT2D eigenvalue weighted by Gasteiger charge is -2.25. The molecule has 0 fully saturated rings. The Balaban J connectivity index is 1.54. The summed E-state index contributed by atoms with van der Waals surface area (Å²) in [5.41, 5.74) is 5.04. The summed E-state index contributed by atoms with van der Waals surface area (Å²) in [5.74, 6) is -5.16. The van der Waals surface area contributed by atoms with Gasteiger partial charge in [-0.1, -0.05) is 30.3 Å². The van der Waals surface area contributed by atoms with Crippen molar-refractivity contribution in [2.75, 3.05) is 11.2 Å². The van der Waals surface area contributed by atoms with E-state index in [1.807, 2.05) is 18.2 Å². The zero-order valence-corrected chi connectivity index (χ0v) is 23.7. The maximum absolute atomic E-state index is 15.3. The highest BCUT2D eigenvalue weighted by Crippen LogP contribution is 2.45. The molecule has 3 aromatic carbocycles. The SMILES string of the molecule is CC(C)(c1nnc(-c2cc3c(cc2F)C(F)(F)CC(N)C(=O)N3Cc2ccc(Oc3ccccc3)cc2)o1)S(C)(=O)=O. The first-order chi connectivity index (χ1) is 19.7. The summed E-state index contributed by atoms with van der Waals surface area (Å²) in [4.78, 5) is 14.4. The minimum absolute atomic E-state index is 0.164. The first-order valence-electron chi connectivity index (χ1n) is 12.8. The Labute approximate surface area is 240 Å². The van der Waals surface area contributed by atoms with E-state index in [4.69, 9.17) is 14.9 Å². The lowest BCUT2D eigenvalue weighted by Crippen LogP contribution is -2.43. The van der Waals surface area contributed by atoms with Crippen LogP contribution in [0.1, 0.15) is 37.3 Å². The van der Waals surface area contributed by atoms with Gasteiger partial charge in [-0.05, 0) is 55.8 Å². The van der Waals surface area contributed by atoms with Crippen LogP contribution < -0.4 is 15.4 Å². The third-order valence-corrected chi connectivity index (χ3v) is 9.20. The van der Waals surface area contributed by atoms with Gasteiger partial charge in [-0.2, -0.15) is 0 Å². The molecule has 0 saturated carbocycles. The van der Waals surface area contributed by atoms with Gasteiger partial charge in [0.2, 0.25) is 11.8 Å². The number of anilines is 1. The van der Waals surface area contributed by atoms with Crippen LogP contribution in [0.4, 0.5) is 18.9 Å². The van der Waals surface area contributed by atoms with Gasteiger partial charge in [0, 0.05) is 18.2 Å². The second-order valence-corrected chi connectivity index (χ2v) is 13.1. The fourth-order valence-electron chi connectivity index (χ4n) is 4.40. The van der Waals surface area contributed by atoms with Crippen LogP contribution in [-0.2, 0) is 31.8 Å². The van der Waals surface area contributed by atoms with Gasteiger partial charge in [0.25, 0.3) is 11.8 Å². The van der Waals surface area contributed by atoms with Gasteiger partial charge < -0.3 is 19.8 Å². The maximum atomic E-state index is 15.3. The van der Waals surface area contributed by atoms with Gasteiger partial charge >= 0.3 is 0 Å². The number of ether oxygens (including phenoxy) is 1. The number of carbonyl (C=O) groups excluding carboxylic acids is 1. The van der Waals surface area contributed by atoms with Gasteiger partial charge in [-0.3, -0.25) is 4.79 Å². The number of nitrogens with zero attached hydrogens (tertiary/aromatic N) is 3. The van der Waals surface area contributed by atoms with Crippen LogP contribution in [0, 0.1) is 5.82 Å². The van der Waals surface area contributed by atoms with Gasteiger partial charge in [-0.25, -0.2) is 21.6 Å². The first-order valence-corrected chi connectivity index (χ1v) is 14.7.